The monoisotopic (exact) mass is 207 g/mol. The molecule has 0 amide bonds. The van der Waals surface area contributed by atoms with E-state index in [4.69, 9.17) is 0 Å². The van der Waals surface area contributed by atoms with E-state index in [1.807, 2.05) is 11.9 Å². The number of benzene rings is 1. The van der Waals surface area contributed by atoms with E-state index in [9.17, 15) is 0 Å². The van der Waals surface area contributed by atoms with Crippen LogP contribution in [0.25, 0.3) is 0 Å². The van der Waals surface area contributed by atoms with Crippen LogP contribution < -0.4 is 4.72 Å². The normalized spacial score (nSPS) is 26.0. The molecule has 76 valence electrons. The highest BCUT2D eigenvalue weighted by Gasteiger charge is 2.27. The van der Waals surface area contributed by atoms with Crippen molar-refractivity contribution in [3.63, 3.8) is 0 Å². The molecule has 0 spiro atoms. The molecule has 2 heteroatoms. The fourth-order valence-corrected chi connectivity index (χ4v) is 2.83. The summed E-state index contributed by atoms with van der Waals surface area (Å²) in [6.07, 6.45) is 2.52. The number of nitrogens with one attached hydrogen (secondary N) is 1. The van der Waals surface area contributed by atoms with Crippen LogP contribution in [-0.2, 0) is 0 Å². The SMILES string of the molecule is CC1(C)CCC(c2ccccc2)SN1. The Bertz CT molecular complexity index is 284. The Morgan fingerprint density at radius 2 is 2.00 bits per heavy atom. The van der Waals surface area contributed by atoms with Crippen LogP contribution in [0.1, 0.15) is 37.5 Å². The molecule has 0 bridgehead atoms. The Hall–Kier alpha value is -0.470. The van der Waals surface area contributed by atoms with E-state index in [0.29, 0.717) is 10.8 Å². The fourth-order valence-electron chi connectivity index (χ4n) is 1.73. The average Bonchev–Trinajstić information content (AvgIpc) is 2.19. The number of hydrogen-bond acceptors (Lipinski definition) is 2. The van der Waals surface area contributed by atoms with Crippen molar-refractivity contribution < 1.29 is 0 Å². The van der Waals surface area contributed by atoms with Gasteiger partial charge < -0.3 is 0 Å². The highest BCUT2D eigenvalue weighted by Crippen LogP contribution is 2.38. The zero-order chi connectivity index (χ0) is 10.0. The van der Waals surface area contributed by atoms with Crippen LogP contribution in [-0.4, -0.2) is 5.54 Å². The van der Waals surface area contributed by atoms with Gasteiger partial charge in [-0.15, -0.1) is 0 Å². The molecule has 1 nitrogen and oxygen atoms in total. The van der Waals surface area contributed by atoms with Crippen LogP contribution in [0.3, 0.4) is 0 Å². The van der Waals surface area contributed by atoms with E-state index in [2.05, 4.69) is 48.9 Å². The third-order valence-electron chi connectivity index (χ3n) is 2.68. The molecule has 0 saturated carbocycles. The van der Waals surface area contributed by atoms with Gasteiger partial charge in [-0.3, -0.25) is 4.72 Å². The maximum Gasteiger partial charge on any atom is 0.0443 e. The molecular weight excluding hydrogens is 190 g/mol. The van der Waals surface area contributed by atoms with Gasteiger partial charge in [-0.05, 0) is 32.3 Å². The van der Waals surface area contributed by atoms with Gasteiger partial charge in [-0.2, -0.15) is 0 Å². The van der Waals surface area contributed by atoms with Gasteiger partial charge in [0.25, 0.3) is 0 Å². The molecule has 1 saturated heterocycles. The molecule has 1 aromatic carbocycles. The Morgan fingerprint density at radius 3 is 2.57 bits per heavy atom. The molecule has 0 aromatic heterocycles. The standard InChI is InChI=1S/C12H17NS/c1-12(2)9-8-11(14-13-12)10-6-4-3-5-7-10/h3-7,11,13H,8-9H2,1-2H3. The summed E-state index contributed by atoms with van der Waals surface area (Å²) in [5, 5.41) is 0.629. The van der Waals surface area contributed by atoms with Gasteiger partial charge in [0.1, 0.15) is 0 Å². The lowest BCUT2D eigenvalue weighted by molar-refractivity contribution is 0.407. The van der Waals surface area contributed by atoms with E-state index in [1.165, 1.54) is 18.4 Å². The lowest BCUT2D eigenvalue weighted by Gasteiger charge is -2.35. The van der Waals surface area contributed by atoms with Gasteiger partial charge in [0.15, 0.2) is 0 Å². The lowest BCUT2D eigenvalue weighted by atomic mass is 9.96. The van der Waals surface area contributed by atoms with Crippen LogP contribution in [0.5, 0.6) is 0 Å². The highest BCUT2D eigenvalue weighted by molar-refractivity contribution is 7.97. The molecule has 0 radical (unpaired) electrons. The Kier molecular flexibility index (Phi) is 2.84. The third-order valence-corrected chi connectivity index (χ3v) is 4.14. The van der Waals surface area contributed by atoms with Gasteiger partial charge in [0.05, 0.1) is 0 Å². The Balaban J connectivity index is 2.03. The summed E-state index contributed by atoms with van der Waals surface area (Å²) >= 11 is 1.87. The molecular formula is C12H17NS. The topological polar surface area (TPSA) is 12.0 Å². The predicted molar refractivity (Wildman–Crippen MR) is 63.2 cm³/mol. The molecule has 14 heavy (non-hydrogen) atoms. The fraction of sp³-hybridized carbons (Fsp3) is 0.500. The number of hydrogen-bond donors (Lipinski definition) is 1. The Labute approximate surface area is 90.4 Å². The summed E-state index contributed by atoms with van der Waals surface area (Å²) in [5.41, 5.74) is 1.75. The van der Waals surface area contributed by atoms with E-state index in [-0.39, 0.29) is 0 Å². The Morgan fingerprint density at radius 1 is 1.29 bits per heavy atom. The van der Waals surface area contributed by atoms with Crippen molar-refractivity contribution in [3.05, 3.63) is 35.9 Å². The van der Waals surface area contributed by atoms with E-state index in [0.717, 1.165) is 0 Å². The summed E-state index contributed by atoms with van der Waals surface area (Å²) in [5.74, 6) is 0. The van der Waals surface area contributed by atoms with Crippen molar-refractivity contribution in [1.29, 1.82) is 0 Å². The summed E-state index contributed by atoms with van der Waals surface area (Å²) < 4.78 is 3.52. The zero-order valence-corrected chi connectivity index (χ0v) is 9.60. The van der Waals surface area contributed by atoms with Crippen LogP contribution in [0.15, 0.2) is 30.3 Å². The molecule has 1 fully saturated rings. The minimum Gasteiger partial charge on any atom is -0.258 e. The van der Waals surface area contributed by atoms with Crippen molar-refractivity contribution >= 4 is 11.9 Å². The molecule has 1 heterocycles. The second-order valence-electron chi connectivity index (χ2n) is 4.54. The van der Waals surface area contributed by atoms with Crippen molar-refractivity contribution in [3.8, 4) is 0 Å². The summed E-state index contributed by atoms with van der Waals surface area (Å²) in [6.45, 7) is 4.53. The van der Waals surface area contributed by atoms with Gasteiger partial charge in [-0.1, -0.05) is 42.3 Å². The first-order valence-electron chi connectivity index (χ1n) is 5.15. The van der Waals surface area contributed by atoms with Gasteiger partial charge in [-0.25, -0.2) is 0 Å². The minimum atomic E-state index is 0.302. The second-order valence-corrected chi connectivity index (χ2v) is 5.55. The number of rotatable bonds is 1. The maximum absolute atomic E-state index is 3.52. The first kappa shape index (κ1) is 10.1. The third kappa shape index (κ3) is 2.31. The molecule has 1 atom stereocenters. The van der Waals surface area contributed by atoms with Crippen molar-refractivity contribution in [2.45, 2.75) is 37.5 Å². The molecule has 0 aliphatic carbocycles. The van der Waals surface area contributed by atoms with Gasteiger partial charge >= 0.3 is 0 Å². The predicted octanol–water partition coefficient (Wildman–Crippen LogP) is 3.54. The maximum atomic E-state index is 3.52. The largest absolute Gasteiger partial charge is 0.258 e. The van der Waals surface area contributed by atoms with E-state index >= 15 is 0 Å². The van der Waals surface area contributed by atoms with Crippen LogP contribution in [0.4, 0.5) is 0 Å². The van der Waals surface area contributed by atoms with Crippen LogP contribution in [0.2, 0.25) is 0 Å². The lowest BCUT2D eigenvalue weighted by Crippen LogP contribution is -2.38. The van der Waals surface area contributed by atoms with Crippen LogP contribution >= 0.6 is 11.9 Å². The molecule has 1 unspecified atom stereocenters. The smallest absolute Gasteiger partial charge is 0.0443 e. The first-order chi connectivity index (χ1) is 6.67. The molecule has 1 N–H and O–H groups in total. The van der Waals surface area contributed by atoms with E-state index < -0.39 is 0 Å². The second kappa shape index (κ2) is 3.95. The van der Waals surface area contributed by atoms with Crippen LogP contribution in [0, 0.1) is 0 Å². The van der Waals surface area contributed by atoms with Gasteiger partial charge in [0.2, 0.25) is 0 Å². The molecule has 1 aromatic rings. The highest BCUT2D eigenvalue weighted by atomic mass is 32.2. The summed E-state index contributed by atoms with van der Waals surface area (Å²) in [7, 11) is 0. The van der Waals surface area contributed by atoms with Crippen molar-refractivity contribution in [2.75, 3.05) is 0 Å². The zero-order valence-electron chi connectivity index (χ0n) is 8.79. The minimum absolute atomic E-state index is 0.302. The molecule has 2 rings (SSSR count). The van der Waals surface area contributed by atoms with Crippen molar-refractivity contribution in [1.82, 2.24) is 4.72 Å². The first-order valence-corrected chi connectivity index (χ1v) is 6.03. The summed E-state index contributed by atoms with van der Waals surface area (Å²) in [4.78, 5) is 0. The van der Waals surface area contributed by atoms with Crippen molar-refractivity contribution in [2.24, 2.45) is 0 Å². The van der Waals surface area contributed by atoms with Gasteiger partial charge in [0, 0.05) is 10.8 Å². The molecule has 1 aliphatic rings. The average molecular weight is 207 g/mol. The molecule has 1 aliphatic heterocycles. The van der Waals surface area contributed by atoms with E-state index in [1.54, 1.807) is 0 Å². The quantitative estimate of drug-likeness (QED) is 0.707. The summed E-state index contributed by atoms with van der Waals surface area (Å²) in [6, 6.07) is 10.8.